The number of rotatable bonds is 3. The zero-order valence-corrected chi connectivity index (χ0v) is 10.7. The molecule has 0 heterocycles. The molecule has 0 bridgehead atoms. The molecule has 0 aromatic heterocycles. The van der Waals surface area contributed by atoms with Gasteiger partial charge in [-0.25, -0.2) is 0 Å². The number of anilines is 1. The number of carbonyl (C=O) groups excluding carboxylic acids is 2. The molecule has 1 aromatic carbocycles. The fourth-order valence-corrected chi connectivity index (χ4v) is 1.65. The van der Waals surface area contributed by atoms with E-state index in [-0.39, 0.29) is 17.9 Å². The van der Waals surface area contributed by atoms with Crippen LogP contribution >= 0.6 is 0 Å². The third-order valence-electron chi connectivity index (χ3n) is 2.80. The van der Waals surface area contributed by atoms with Gasteiger partial charge in [-0.15, -0.1) is 0 Å². The van der Waals surface area contributed by atoms with Gasteiger partial charge in [0, 0.05) is 26.6 Å². The highest BCUT2D eigenvalue weighted by Gasteiger charge is 2.17. The number of hydrogen-bond donors (Lipinski definition) is 1. The van der Waals surface area contributed by atoms with E-state index in [1.54, 1.807) is 11.9 Å². The van der Waals surface area contributed by atoms with Crippen LogP contribution < -0.4 is 5.32 Å². The molecular formula is C13H18N2O2. The van der Waals surface area contributed by atoms with Crippen LogP contribution in [0.2, 0.25) is 0 Å². The summed E-state index contributed by atoms with van der Waals surface area (Å²) in [5.41, 5.74) is 1.68. The predicted molar refractivity (Wildman–Crippen MR) is 67.6 cm³/mol. The minimum Gasteiger partial charge on any atom is -0.339 e. The lowest BCUT2D eigenvalue weighted by atomic mass is 10.0. The second kappa shape index (κ2) is 5.48. The standard InChI is InChI=1S/C13H18N2O2/c1-9(15(4)11(3)17)12-7-5-6-8-13(12)14-10(2)16/h5-9H,1-4H3,(H,14,16). The highest BCUT2D eigenvalue weighted by atomic mass is 16.2. The molecule has 0 radical (unpaired) electrons. The van der Waals surface area contributed by atoms with Gasteiger partial charge >= 0.3 is 0 Å². The highest BCUT2D eigenvalue weighted by Crippen LogP contribution is 2.26. The first-order valence-corrected chi connectivity index (χ1v) is 5.53. The monoisotopic (exact) mass is 234 g/mol. The molecule has 0 fully saturated rings. The quantitative estimate of drug-likeness (QED) is 0.871. The SMILES string of the molecule is CC(=O)Nc1ccccc1C(C)N(C)C(C)=O. The Labute approximate surface area is 102 Å². The zero-order chi connectivity index (χ0) is 13.0. The minimum atomic E-state index is -0.116. The summed E-state index contributed by atoms with van der Waals surface area (Å²) in [4.78, 5) is 24.1. The first-order chi connectivity index (χ1) is 7.93. The number of benzene rings is 1. The van der Waals surface area contributed by atoms with Crippen LogP contribution in [0, 0.1) is 0 Å². The molecule has 2 amide bonds. The molecule has 0 aliphatic heterocycles. The van der Waals surface area contributed by atoms with E-state index < -0.39 is 0 Å². The van der Waals surface area contributed by atoms with Crippen molar-refractivity contribution in [2.24, 2.45) is 0 Å². The van der Waals surface area contributed by atoms with E-state index in [9.17, 15) is 9.59 Å². The maximum absolute atomic E-state index is 11.3. The Kier molecular flexibility index (Phi) is 4.26. The van der Waals surface area contributed by atoms with Crippen molar-refractivity contribution in [2.45, 2.75) is 26.8 Å². The smallest absolute Gasteiger partial charge is 0.221 e. The van der Waals surface area contributed by atoms with Crippen molar-refractivity contribution in [3.8, 4) is 0 Å². The molecule has 1 atom stereocenters. The van der Waals surface area contributed by atoms with Crippen LogP contribution in [0.15, 0.2) is 24.3 Å². The molecule has 0 aliphatic carbocycles. The van der Waals surface area contributed by atoms with Crippen LogP contribution in [0.25, 0.3) is 0 Å². The van der Waals surface area contributed by atoms with Crippen molar-refractivity contribution >= 4 is 17.5 Å². The van der Waals surface area contributed by atoms with Crippen LogP contribution in [0.3, 0.4) is 0 Å². The van der Waals surface area contributed by atoms with Crippen molar-refractivity contribution in [1.82, 2.24) is 4.90 Å². The van der Waals surface area contributed by atoms with Gasteiger partial charge in [0.25, 0.3) is 0 Å². The van der Waals surface area contributed by atoms with Gasteiger partial charge in [-0.1, -0.05) is 18.2 Å². The van der Waals surface area contributed by atoms with E-state index >= 15 is 0 Å². The van der Waals surface area contributed by atoms with Crippen LogP contribution in [0.1, 0.15) is 32.4 Å². The molecule has 0 spiro atoms. The fraction of sp³-hybridized carbons (Fsp3) is 0.385. The molecule has 17 heavy (non-hydrogen) atoms. The largest absolute Gasteiger partial charge is 0.339 e. The Hall–Kier alpha value is -1.84. The van der Waals surface area contributed by atoms with Gasteiger partial charge in [0.15, 0.2) is 0 Å². The fourth-order valence-electron chi connectivity index (χ4n) is 1.65. The number of nitrogens with one attached hydrogen (secondary N) is 1. The van der Waals surface area contributed by atoms with Crippen molar-refractivity contribution in [2.75, 3.05) is 12.4 Å². The van der Waals surface area contributed by atoms with Gasteiger partial charge in [0.2, 0.25) is 11.8 Å². The third-order valence-corrected chi connectivity index (χ3v) is 2.80. The molecule has 1 aromatic rings. The van der Waals surface area contributed by atoms with Crippen molar-refractivity contribution < 1.29 is 9.59 Å². The summed E-state index contributed by atoms with van der Waals surface area (Å²) < 4.78 is 0. The minimum absolute atomic E-state index is 0.00451. The van der Waals surface area contributed by atoms with E-state index in [2.05, 4.69) is 5.32 Å². The average Bonchev–Trinajstić information content (AvgIpc) is 2.27. The molecular weight excluding hydrogens is 216 g/mol. The molecule has 4 heteroatoms. The van der Waals surface area contributed by atoms with E-state index in [0.717, 1.165) is 11.3 Å². The first kappa shape index (κ1) is 13.2. The van der Waals surface area contributed by atoms with Gasteiger partial charge in [0.05, 0.1) is 6.04 Å². The Bertz CT molecular complexity index is 429. The van der Waals surface area contributed by atoms with Gasteiger partial charge < -0.3 is 10.2 Å². The molecule has 0 saturated carbocycles. The van der Waals surface area contributed by atoms with E-state index in [1.165, 1.54) is 13.8 Å². The lowest BCUT2D eigenvalue weighted by Crippen LogP contribution is -2.27. The topological polar surface area (TPSA) is 49.4 Å². The van der Waals surface area contributed by atoms with Gasteiger partial charge in [-0.3, -0.25) is 9.59 Å². The van der Waals surface area contributed by atoms with Crippen LogP contribution in [-0.4, -0.2) is 23.8 Å². The summed E-state index contributed by atoms with van der Waals surface area (Å²) in [7, 11) is 1.75. The number of amides is 2. The van der Waals surface area contributed by atoms with E-state index in [1.807, 2.05) is 31.2 Å². The summed E-state index contributed by atoms with van der Waals surface area (Å²) >= 11 is 0. The van der Waals surface area contributed by atoms with Crippen LogP contribution in [0.5, 0.6) is 0 Å². The molecule has 1 N–H and O–H groups in total. The van der Waals surface area contributed by atoms with Crippen molar-refractivity contribution in [3.63, 3.8) is 0 Å². The Morgan fingerprint density at radius 3 is 2.35 bits per heavy atom. The van der Waals surface area contributed by atoms with Crippen molar-refractivity contribution in [3.05, 3.63) is 29.8 Å². The first-order valence-electron chi connectivity index (χ1n) is 5.53. The number of carbonyl (C=O) groups is 2. The maximum atomic E-state index is 11.3. The maximum Gasteiger partial charge on any atom is 0.221 e. The third kappa shape index (κ3) is 3.31. The van der Waals surface area contributed by atoms with Crippen LogP contribution in [0.4, 0.5) is 5.69 Å². The summed E-state index contributed by atoms with van der Waals surface area (Å²) in [6.45, 7) is 4.93. The highest BCUT2D eigenvalue weighted by molar-refractivity contribution is 5.89. The Morgan fingerprint density at radius 1 is 1.24 bits per heavy atom. The number of hydrogen-bond acceptors (Lipinski definition) is 2. The zero-order valence-electron chi connectivity index (χ0n) is 10.7. The van der Waals surface area contributed by atoms with Crippen LogP contribution in [-0.2, 0) is 9.59 Å². The molecule has 0 saturated heterocycles. The Balaban J connectivity index is 3.04. The summed E-state index contributed by atoms with van der Waals surface area (Å²) in [6, 6.07) is 7.42. The summed E-state index contributed by atoms with van der Waals surface area (Å²) in [5, 5.41) is 2.77. The molecule has 0 aliphatic rings. The second-order valence-corrected chi connectivity index (χ2v) is 4.07. The summed E-state index contributed by atoms with van der Waals surface area (Å²) in [5.74, 6) is -0.120. The Morgan fingerprint density at radius 2 is 1.82 bits per heavy atom. The number of nitrogens with zero attached hydrogens (tertiary/aromatic N) is 1. The van der Waals surface area contributed by atoms with Gasteiger partial charge in [0.1, 0.15) is 0 Å². The predicted octanol–water partition coefficient (Wildman–Crippen LogP) is 2.18. The normalized spacial score (nSPS) is 11.8. The van der Waals surface area contributed by atoms with Gasteiger partial charge in [-0.2, -0.15) is 0 Å². The van der Waals surface area contributed by atoms with E-state index in [4.69, 9.17) is 0 Å². The molecule has 4 nitrogen and oxygen atoms in total. The molecule has 92 valence electrons. The van der Waals surface area contributed by atoms with E-state index in [0.29, 0.717) is 0 Å². The second-order valence-electron chi connectivity index (χ2n) is 4.07. The molecule has 1 rings (SSSR count). The lowest BCUT2D eigenvalue weighted by molar-refractivity contribution is -0.129. The average molecular weight is 234 g/mol. The molecule has 1 unspecified atom stereocenters. The number of para-hydroxylation sites is 1. The van der Waals surface area contributed by atoms with Gasteiger partial charge in [-0.05, 0) is 18.6 Å². The lowest BCUT2D eigenvalue weighted by Gasteiger charge is -2.25. The van der Waals surface area contributed by atoms with Crippen molar-refractivity contribution in [1.29, 1.82) is 0 Å². The summed E-state index contributed by atoms with van der Waals surface area (Å²) in [6.07, 6.45) is 0.